The number of nitro groups is 1. The lowest BCUT2D eigenvalue weighted by Gasteiger charge is -2.35. The molecule has 0 atom stereocenters. The number of urea groups is 1. The minimum absolute atomic E-state index is 0.0539. The van der Waals surface area contributed by atoms with Crippen molar-refractivity contribution in [2.45, 2.75) is 12.7 Å². The van der Waals surface area contributed by atoms with Gasteiger partial charge in [-0.15, -0.1) is 0 Å². The Morgan fingerprint density at radius 1 is 1.03 bits per heavy atom. The van der Waals surface area contributed by atoms with Gasteiger partial charge in [-0.2, -0.15) is 13.2 Å². The molecule has 2 N–H and O–H groups in total. The first kappa shape index (κ1) is 24.0. The van der Waals surface area contributed by atoms with E-state index in [2.05, 4.69) is 10.6 Å². The summed E-state index contributed by atoms with van der Waals surface area (Å²) in [5, 5.41) is 16.1. The monoisotopic (exact) mass is 465 g/mol. The molecule has 2 aromatic rings. The van der Waals surface area contributed by atoms with E-state index >= 15 is 0 Å². The van der Waals surface area contributed by atoms with Crippen LogP contribution < -0.4 is 15.5 Å². The highest BCUT2D eigenvalue weighted by Crippen LogP contribution is 2.36. The molecular formula is C21H22F3N5O4. The highest BCUT2D eigenvalue weighted by molar-refractivity contribution is 5.95. The number of nitro benzene ring substituents is 1. The number of carbonyl (C=O) groups excluding carboxylic acids is 2. The summed E-state index contributed by atoms with van der Waals surface area (Å²) in [5.74, 6) is -0.505. The van der Waals surface area contributed by atoms with E-state index in [-0.39, 0.29) is 31.9 Å². The first-order valence-electron chi connectivity index (χ1n) is 10.1. The number of amides is 3. The van der Waals surface area contributed by atoms with Crippen LogP contribution in [0.3, 0.4) is 0 Å². The van der Waals surface area contributed by atoms with E-state index in [1.165, 1.54) is 0 Å². The van der Waals surface area contributed by atoms with E-state index in [0.717, 1.165) is 17.7 Å². The molecule has 1 heterocycles. The second-order valence-corrected chi connectivity index (χ2v) is 7.44. The number of carbonyl (C=O) groups is 2. The Labute approximate surface area is 187 Å². The van der Waals surface area contributed by atoms with Crippen LogP contribution in [0.15, 0.2) is 48.5 Å². The molecule has 1 aliphatic heterocycles. The fraction of sp³-hybridized carbons (Fsp3) is 0.333. The van der Waals surface area contributed by atoms with E-state index < -0.39 is 34.3 Å². The van der Waals surface area contributed by atoms with E-state index in [1.54, 1.807) is 9.80 Å². The number of imide groups is 1. The maximum atomic E-state index is 12.9. The molecule has 2 aromatic carbocycles. The zero-order valence-corrected chi connectivity index (χ0v) is 17.5. The maximum Gasteiger partial charge on any atom is 0.416 e. The SMILES string of the molecule is O=C(CN1CCN(c2ccc(C(F)(F)F)cc2[N+](=O)[O-])CC1)NC(=O)NCc1ccccc1. The summed E-state index contributed by atoms with van der Waals surface area (Å²) in [6, 6.07) is 11.0. The Hall–Kier alpha value is -3.67. The number of benzene rings is 2. The molecular weight excluding hydrogens is 443 g/mol. The third-order valence-corrected chi connectivity index (χ3v) is 5.13. The molecule has 1 aliphatic rings. The van der Waals surface area contributed by atoms with Crippen molar-refractivity contribution in [1.82, 2.24) is 15.5 Å². The van der Waals surface area contributed by atoms with Gasteiger partial charge in [0, 0.05) is 38.8 Å². The Balaban J connectivity index is 1.50. The van der Waals surface area contributed by atoms with Gasteiger partial charge in [0.05, 0.1) is 17.0 Å². The Morgan fingerprint density at radius 3 is 2.30 bits per heavy atom. The average Bonchev–Trinajstić information content (AvgIpc) is 2.78. The van der Waals surface area contributed by atoms with Crippen molar-refractivity contribution in [1.29, 1.82) is 0 Å². The Kier molecular flexibility index (Phi) is 7.48. The molecule has 0 spiro atoms. The summed E-state index contributed by atoms with van der Waals surface area (Å²) in [6.07, 6.45) is -4.68. The topological polar surface area (TPSA) is 108 Å². The van der Waals surface area contributed by atoms with Crippen LogP contribution in [0.2, 0.25) is 0 Å². The summed E-state index contributed by atoms with van der Waals surface area (Å²) in [6.45, 7) is 1.46. The lowest BCUT2D eigenvalue weighted by Crippen LogP contribution is -2.51. The molecule has 0 aromatic heterocycles. The molecule has 12 heteroatoms. The number of anilines is 1. The van der Waals surface area contributed by atoms with Crippen LogP contribution in [-0.4, -0.2) is 54.5 Å². The van der Waals surface area contributed by atoms with Gasteiger partial charge in [0.2, 0.25) is 5.91 Å². The van der Waals surface area contributed by atoms with E-state index in [1.807, 2.05) is 30.3 Å². The van der Waals surface area contributed by atoms with Crippen molar-refractivity contribution in [3.63, 3.8) is 0 Å². The number of nitrogens with zero attached hydrogens (tertiary/aromatic N) is 3. The highest BCUT2D eigenvalue weighted by Gasteiger charge is 2.34. The van der Waals surface area contributed by atoms with E-state index in [4.69, 9.17) is 0 Å². The number of hydrogen-bond acceptors (Lipinski definition) is 6. The molecule has 9 nitrogen and oxygen atoms in total. The summed E-state index contributed by atoms with van der Waals surface area (Å²) < 4.78 is 38.7. The van der Waals surface area contributed by atoms with Gasteiger partial charge in [0.1, 0.15) is 5.69 Å². The van der Waals surface area contributed by atoms with Crippen LogP contribution in [0.1, 0.15) is 11.1 Å². The summed E-state index contributed by atoms with van der Waals surface area (Å²) in [5.41, 5.74) is -0.726. The van der Waals surface area contributed by atoms with Gasteiger partial charge in [0.15, 0.2) is 0 Å². The van der Waals surface area contributed by atoms with Gasteiger partial charge < -0.3 is 10.2 Å². The van der Waals surface area contributed by atoms with Crippen molar-refractivity contribution in [2.75, 3.05) is 37.6 Å². The summed E-state index contributed by atoms with van der Waals surface area (Å²) >= 11 is 0. The zero-order chi connectivity index (χ0) is 24.0. The molecule has 0 saturated carbocycles. The van der Waals surface area contributed by atoms with Crippen LogP contribution in [-0.2, 0) is 17.5 Å². The normalized spacial score (nSPS) is 14.6. The summed E-state index contributed by atoms with van der Waals surface area (Å²) in [7, 11) is 0. The molecule has 1 saturated heterocycles. The van der Waals surface area contributed by atoms with Crippen molar-refractivity contribution in [3.05, 3.63) is 69.8 Å². The number of nitrogens with one attached hydrogen (secondary N) is 2. The largest absolute Gasteiger partial charge is 0.416 e. The number of rotatable bonds is 6. The molecule has 0 aliphatic carbocycles. The summed E-state index contributed by atoms with van der Waals surface area (Å²) in [4.78, 5) is 37.9. The minimum atomic E-state index is -4.68. The van der Waals surface area contributed by atoms with Crippen LogP contribution >= 0.6 is 0 Å². The highest BCUT2D eigenvalue weighted by atomic mass is 19.4. The van der Waals surface area contributed by atoms with Crippen molar-refractivity contribution >= 4 is 23.3 Å². The van der Waals surface area contributed by atoms with Gasteiger partial charge in [-0.3, -0.25) is 25.1 Å². The molecule has 0 bridgehead atoms. The average molecular weight is 465 g/mol. The standard InChI is InChI=1S/C21H22F3N5O4/c22-21(23,24)16-6-7-17(18(12-16)29(32)33)28-10-8-27(9-11-28)14-19(30)26-20(31)25-13-15-4-2-1-3-5-15/h1-7,12H,8-11,13-14H2,(H2,25,26,30,31). The Morgan fingerprint density at radius 2 is 1.70 bits per heavy atom. The molecule has 176 valence electrons. The fourth-order valence-electron chi connectivity index (χ4n) is 3.45. The second-order valence-electron chi connectivity index (χ2n) is 7.44. The van der Waals surface area contributed by atoms with Crippen LogP contribution in [0.5, 0.6) is 0 Å². The van der Waals surface area contributed by atoms with Gasteiger partial charge in [-0.25, -0.2) is 4.79 Å². The van der Waals surface area contributed by atoms with Crippen molar-refractivity contribution in [2.24, 2.45) is 0 Å². The first-order chi connectivity index (χ1) is 15.6. The van der Waals surface area contributed by atoms with Crippen molar-refractivity contribution < 1.29 is 27.7 Å². The van der Waals surface area contributed by atoms with Gasteiger partial charge in [-0.05, 0) is 17.7 Å². The maximum absolute atomic E-state index is 12.9. The quantitative estimate of drug-likeness (QED) is 0.502. The Bertz CT molecular complexity index is 1010. The van der Waals surface area contributed by atoms with E-state index in [9.17, 15) is 32.9 Å². The first-order valence-corrected chi connectivity index (χ1v) is 10.1. The fourth-order valence-corrected chi connectivity index (χ4v) is 3.45. The number of hydrogen-bond donors (Lipinski definition) is 2. The third-order valence-electron chi connectivity index (χ3n) is 5.13. The molecule has 3 amide bonds. The van der Waals surface area contributed by atoms with Crippen LogP contribution in [0.25, 0.3) is 0 Å². The number of halogens is 3. The second kappa shape index (κ2) is 10.3. The van der Waals surface area contributed by atoms with Crippen LogP contribution in [0.4, 0.5) is 29.3 Å². The number of alkyl halides is 3. The zero-order valence-electron chi connectivity index (χ0n) is 17.5. The molecule has 0 unspecified atom stereocenters. The molecule has 33 heavy (non-hydrogen) atoms. The lowest BCUT2D eigenvalue weighted by molar-refractivity contribution is -0.384. The van der Waals surface area contributed by atoms with Gasteiger partial charge in [0.25, 0.3) is 5.69 Å². The molecule has 0 radical (unpaired) electrons. The minimum Gasteiger partial charge on any atom is -0.363 e. The molecule has 1 fully saturated rings. The third kappa shape index (κ3) is 6.65. The predicted octanol–water partition coefficient (Wildman–Crippen LogP) is 2.76. The van der Waals surface area contributed by atoms with Crippen molar-refractivity contribution in [3.8, 4) is 0 Å². The molecule has 3 rings (SSSR count). The van der Waals surface area contributed by atoms with Gasteiger partial charge in [-0.1, -0.05) is 30.3 Å². The smallest absolute Gasteiger partial charge is 0.363 e. The predicted molar refractivity (Wildman–Crippen MR) is 114 cm³/mol. The van der Waals surface area contributed by atoms with E-state index in [0.29, 0.717) is 19.2 Å². The number of piperazine rings is 1. The van der Waals surface area contributed by atoms with Gasteiger partial charge >= 0.3 is 12.2 Å². The lowest BCUT2D eigenvalue weighted by atomic mass is 10.1. The van der Waals surface area contributed by atoms with Crippen LogP contribution in [0, 0.1) is 10.1 Å².